The molecule has 0 spiro atoms. The highest BCUT2D eigenvalue weighted by Gasteiger charge is 2.22. The zero-order valence-corrected chi connectivity index (χ0v) is 19.2. The molecule has 0 radical (unpaired) electrons. The summed E-state index contributed by atoms with van der Waals surface area (Å²) in [4.78, 5) is 19.3. The van der Waals surface area contributed by atoms with Crippen LogP contribution in [0.5, 0.6) is 0 Å². The van der Waals surface area contributed by atoms with Crippen molar-refractivity contribution in [2.24, 2.45) is 5.73 Å². The van der Waals surface area contributed by atoms with Gasteiger partial charge in [0.15, 0.2) is 6.17 Å². The van der Waals surface area contributed by atoms with Gasteiger partial charge in [0, 0.05) is 29.2 Å². The predicted molar refractivity (Wildman–Crippen MR) is 132 cm³/mol. The van der Waals surface area contributed by atoms with Crippen LogP contribution in [0, 0.1) is 0 Å². The average Bonchev–Trinajstić information content (AvgIpc) is 2.79. The van der Waals surface area contributed by atoms with Crippen molar-refractivity contribution in [3.63, 3.8) is 0 Å². The number of aryl methyl sites for hydroxylation is 1. The number of allylic oxidation sites excluding steroid dienone is 1. The Balaban J connectivity index is 1.53. The van der Waals surface area contributed by atoms with Crippen molar-refractivity contribution < 1.29 is 4.79 Å². The lowest BCUT2D eigenvalue weighted by Crippen LogP contribution is -2.47. The molecule has 0 aliphatic heterocycles. The topological polar surface area (TPSA) is 71.2 Å². The maximum atomic E-state index is 13.1. The number of fused-ring (bicyclic) bond motifs is 1. The molecular weight excluding hydrogens is 443 g/mol. The Kier molecular flexibility index (Phi) is 6.80. The molecule has 1 atom stereocenters. The van der Waals surface area contributed by atoms with Crippen LogP contribution in [-0.4, -0.2) is 24.1 Å². The Morgan fingerprint density at radius 2 is 1.97 bits per heavy atom. The number of benzene rings is 2. The Morgan fingerprint density at radius 1 is 1.16 bits per heavy atom. The summed E-state index contributed by atoms with van der Waals surface area (Å²) in [6.07, 6.45) is 5.66. The second-order valence-electron chi connectivity index (χ2n) is 7.74. The zero-order valence-electron chi connectivity index (χ0n) is 17.7. The lowest BCUT2D eigenvalue weighted by atomic mass is 10.0. The van der Waals surface area contributed by atoms with Crippen molar-refractivity contribution in [2.75, 3.05) is 17.3 Å². The number of nitrogens with two attached hydrogens (primary N) is 1. The van der Waals surface area contributed by atoms with Gasteiger partial charge in [-0.05, 0) is 65.9 Å². The summed E-state index contributed by atoms with van der Waals surface area (Å²) in [7, 11) is 1.70. The van der Waals surface area contributed by atoms with Crippen molar-refractivity contribution >= 4 is 46.7 Å². The zero-order chi connectivity index (χ0) is 22.7. The number of hydrogen-bond acceptors (Lipinski definition) is 4. The number of nitrogens with zero attached hydrogens (tertiary/aromatic N) is 2. The third-order valence-corrected chi connectivity index (χ3v) is 6.11. The highest BCUT2D eigenvalue weighted by atomic mass is 35.5. The third-order valence-electron chi connectivity index (χ3n) is 5.51. The maximum Gasteiger partial charge on any atom is 0.264 e. The minimum absolute atomic E-state index is 0.289. The molecule has 0 saturated carbocycles. The highest BCUT2D eigenvalue weighted by molar-refractivity contribution is 6.31. The van der Waals surface area contributed by atoms with Gasteiger partial charge in [-0.3, -0.25) is 4.79 Å². The summed E-state index contributed by atoms with van der Waals surface area (Å²) in [5.74, 6) is 0.278. The second kappa shape index (κ2) is 9.74. The molecule has 0 saturated heterocycles. The first kappa shape index (κ1) is 22.3. The number of hydrogen-bond donors (Lipinski definition) is 2. The van der Waals surface area contributed by atoms with Gasteiger partial charge in [0.1, 0.15) is 5.82 Å². The summed E-state index contributed by atoms with van der Waals surface area (Å²) in [6, 6.07) is 16.9. The minimum Gasteiger partial charge on any atom is -0.347 e. The van der Waals surface area contributed by atoms with Gasteiger partial charge in [0.2, 0.25) is 0 Å². The first-order chi connectivity index (χ1) is 15.4. The lowest BCUT2D eigenvalue weighted by Gasteiger charge is -2.25. The molecule has 7 heteroatoms. The van der Waals surface area contributed by atoms with Crippen LogP contribution in [0.4, 0.5) is 11.5 Å². The normalized spacial score (nSPS) is 13.4. The Labute approximate surface area is 197 Å². The third kappa shape index (κ3) is 4.96. The largest absolute Gasteiger partial charge is 0.347 e. The fourth-order valence-electron chi connectivity index (χ4n) is 3.79. The van der Waals surface area contributed by atoms with E-state index < -0.39 is 6.17 Å². The van der Waals surface area contributed by atoms with E-state index in [0.29, 0.717) is 22.3 Å². The first-order valence-corrected chi connectivity index (χ1v) is 11.2. The Bertz CT molecular complexity index is 1180. The van der Waals surface area contributed by atoms with Crippen LogP contribution in [-0.2, 0) is 17.6 Å². The number of anilines is 2. The summed E-state index contributed by atoms with van der Waals surface area (Å²) in [5.41, 5.74) is 10.9. The summed E-state index contributed by atoms with van der Waals surface area (Å²) in [5, 5.41) is 4.28. The molecule has 1 aliphatic rings. The fourth-order valence-corrected chi connectivity index (χ4v) is 4.19. The van der Waals surface area contributed by atoms with Crippen LogP contribution < -0.4 is 16.0 Å². The fraction of sp³-hybridized carbons (Fsp3) is 0.200. The molecule has 164 valence electrons. The van der Waals surface area contributed by atoms with E-state index in [4.69, 9.17) is 28.9 Å². The van der Waals surface area contributed by atoms with Gasteiger partial charge in [0.05, 0.1) is 5.69 Å². The minimum atomic E-state index is -0.957. The van der Waals surface area contributed by atoms with E-state index in [2.05, 4.69) is 16.4 Å². The van der Waals surface area contributed by atoms with Gasteiger partial charge in [-0.1, -0.05) is 53.5 Å². The van der Waals surface area contributed by atoms with Crippen LogP contribution in [0.2, 0.25) is 10.0 Å². The first-order valence-electron chi connectivity index (χ1n) is 10.4. The molecule has 3 aromatic rings. The number of carbonyl (C=O) groups excluding carboxylic acids is 1. The molecule has 1 unspecified atom stereocenters. The predicted octanol–water partition coefficient (Wildman–Crippen LogP) is 5.30. The number of nitrogens with one attached hydrogen (secondary N) is 1. The summed E-state index contributed by atoms with van der Waals surface area (Å²) < 4.78 is 0. The summed E-state index contributed by atoms with van der Waals surface area (Å²) >= 11 is 12.6. The molecule has 3 N–H and O–H groups in total. The van der Waals surface area contributed by atoms with Crippen molar-refractivity contribution in [3.05, 3.63) is 93.1 Å². The summed E-state index contributed by atoms with van der Waals surface area (Å²) in [6.45, 7) is 0. The van der Waals surface area contributed by atoms with Crippen LogP contribution >= 0.6 is 23.2 Å². The van der Waals surface area contributed by atoms with Crippen molar-refractivity contribution in [1.82, 2.24) is 4.98 Å². The van der Waals surface area contributed by atoms with Gasteiger partial charge in [0.25, 0.3) is 5.91 Å². The van der Waals surface area contributed by atoms with Crippen LogP contribution in [0.1, 0.15) is 28.8 Å². The Hall–Kier alpha value is -2.86. The molecule has 4 rings (SSSR count). The molecule has 1 aliphatic carbocycles. The lowest BCUT2D eigenvalue weighted by molar-refractivity contribution is -0.119. The maximum absolute atomic E-state index is 13.1. The molecular formula is C25H24Cl2N4O. The monoisotopic (exact) mass is 466 g/mol. The van der Waals surface area contributed by atoms with E-state index in [0.717, 1.165) is 35.3 Å². The van der Waals surface area contributed by atoms with Gasteiger partial charge in [-0.2, -0.15) is 0 Å². The quantitative estimate of drug-likeness (QED) is 0.483. The van der Waals surface area contributed by atoms with E-state index >= 15 is 0 Å². The standard InChI is InChI=1S/C25H24Cl2N4O/c1-31(22-12-11-19(26)15-18(22)14-17-7-2-4-8-20(17)27)25(32)24(28)30-23-13-10-16-6-3-5-9-21(16)29-23/h2,4-5,7-13,15,24H,3,6,14,28H2,1H3,(H,29,30). The SMILES string of the molecule is CN(C(=O)C(N)Nc1ccc2c(n1)C=CCC2)c1ccc(Cl)cc1Cc1ccccc1Cl. The van der Waals surface area contributed by atoms with Crippen LogP contribution in [0.25, 0.3) is 6.08 Å². The van der Waals surface area contributed by atoms with Gasteiger partial charge in [-0.15, -0.1) is 0 Å². The number of carbonyl (C=O) groups is 1. The van der Waals surface area contributed by atoms with Gasteiger partial charge >= 0.3 is 0 Å². The number of halogens is 2. The van der Waals surface area contributed by atoms with Crippen molar-refractivity contribution in [1.29, 1.82) is 0 Å². The smallest absolute Gasteiger partial charge is 0.264 e. The van der Waals surface area contributed by atoms with Crippen LogP contribution in [0.3, 0.4) is 0 Å². The van der Waals surface area contributed by atoms with E-state index in [1.54, 1.807) is 18.0 Å². The molecule has 1 aromatic heterocycles. The number of aromatic nitrogens is 1. The van der Waals surface area contributed by atoms with Gasteiger partial charge < -0.3 is 16.0 Å². The van der Waals surface area contributed by atoms with Crippen molar-refractivity contribution in [3.8, 4) is 0 Å². The van der Waals surface area contributed by atoms with E-state index in [9.17, 15) is 4.79 Å². The number of pyridine rings is 1. The highest BCUT2D eigenvalue weighted by Crippen LogP contribution is 2.29. The molecule has 1 amide bonds. The van der Waals surface area contributed by atoms with E-state index in [1.165, 1.54) is 5.56 Å². The van der Waals surface area contributed by atoms with Crippen LogP contribution in [0.15, 0.2) is 60.7 Å². The van der Waals surface area contributed by atoms with E-state index in [1.807, 2.05) is 54.6 Å². The number of likely N-dealkylation sites (N-methyl/N-ethyl adjacent to an activating group) is 1. The molecule has 2 aromatic carbocycles. The number of amides is 1. The average molecular weight is 467 g/mol. The molecule has 5 nitrogen and oxygen atoms in total. The number of rotatable bonds is 6. The molecule has 0 bridgehead atoms. The van der Waals surface area contributed by atoms with E-state index in [-0.39, 0.29) is 5.91 Å². The molecule has 32 heavy (non-hydrogen) atoms. The molecule has 1 heterocycles. The van der Waals surface area contributed by atoms with Gasteiger partial charge in [-0.25, -0.2) is 4.98 Å². The van der Waals surface area contributed by atoms with Crippen molar-refractivity contribution in [2.45, 2.75) is 25.4 Å². The Morgan fingerprint density at radius 3 is 2.78 bits per heavy atom. The molecule has 0 fully saturated rings. The second-order valence-corrected chi connectivity index (χ2v) is 8.59.